The molecule has 1 fully saturated rings. The van der Waals surface area contributed by atoms with Gasteiger partial charge in [-0.1, -0.05) is 6.92 Å². The third-order valence-electron chi connectivity index (χ3n) is 3.54. The molecule has 100 valence electrons. The van der Waals surface area contributed by atoms with Crippen LogP contribution < -0.4 is 5.32 Å². The predicted molar refractivity (Wildman–Crippen MR) is 70.5 cm³/mol. The summed E-state index contributed by atoms with van der Waals surface area (Å²) in [6, 6.07) is 0. The Balaban J connectivity index is 2.07. The summed E-state index contributed by atoms with van der Waals surface area (Å²) >= 11 is 0. The zero-order valence-corrected chi connectivity index (χ0v) is 11.4. The van der Waals surface area contributed by atoms with E-state index in [2.05, 4.69) is 10.4 Å². The molecule has 1 N–H and O–H groups in total. The highest BCUT2D eigenvalue weighted by molar-refractivity contribution is 5.95. The zero-order valence-electron chi connectivity index (χ0n) is 11.4. The summed E-state index contributed by atoms with van der Waals surface area (Å²) in [7, 11) is 3.82. The van der Waals surface area contributed by atoms with Crippen molar-refractivity contribution in [3.05, 3.63) is 17.5 Å². The molecule has 0 spiro atoms. The first-order valence-electron chi connectivity index (χ1n) is 6.62. The molecule has 5 nitrogen and oxygen atoms in total. The minimum atomic E-state index is 0.138. The molecule has 0 radical (unpaired) electrons. The molecular weight excluding hydrogens is 228 g/mol. The molecule has 1 amide bonds. The molecule has 0 saturated carbocycles. The summed E-state index contributed by atoms with van der Waals surface area (Å²) < 4.78 is 1.73. The Morgan fingerprint density at radius 2 is 2.39 bits per heavy atom. The van der Waals surface area contributed by atoms with Crippen molar-refractivity contribution in [2.24, 2.45) is 13.0 Å². The number of nitrogens with zero attached hydrogens (tertiary/aromatic N) is 3. The molecule has 1 saturated heterocycles. The summed E-state index contributed by atoms with van der Waals surface area (Å²) in [6.45, 7) is 4.74. The monoisotopic (exact) mass is 250 g/mol. The van der Waals surface area contributed by atoms with Crippen LogP contribution in [0.3, 0.4) is 0 Å². The number of carbonyl (C=O) groups excluding carboxylic acids is 1. The van der Waals surface area contributed by atoms with E-state index >= 15 is 0 Å². The van der Waals surface area contributed by atoms with Gasteiger partial charge in [-0.05, 0) is 32.4 Å². The van der Waals surface area contributed by atoms with E-state index in [1.54, 1.807) is 4.68 Å². The van der Waals surface area contributed by atoms with Crippen molar-refractivity contribution in [3.8, 4) is 0 Å². The van der Waals surface area contributed by atoms with Gasteiger partial charge in [-0.15, -0.1) is 0 Å². The van der Waals surface area contributed by atoms with E-state index in [1.807, 2.05) is 32.1 Å². The standard InChI is InChI=1S/C13H22N4O/c1-4-12-11(9-16(3)15-12)13(18)17-6-5-10(8-17)7-14-2/h9-10,14H,4-8H2,1-3H3. The number of aryl methyl sites for hydroxylation is 2. The molecular formula is C13H22N4O. The van der Waals surface area contributed by atoms with Gasteiger partial charge in [0.1, 0.15) is 0 Å². The first-order valence-corrected chi connectivity index (χ1v) is 6.62. The smallest absolute Gasteiger partial charge is 0.257 e. The molecule has 0 aromatic carbocycles. The third-order valence-corrected chi connectivity index (χ3v) is 3.54. The lowest BCUT2D eigenvalue weighted by Crippen LogP contribution is -2.30. The zero-order chi connectivity index (χ0) is 13.1. The lowest BCUT2D eigenvalue weighted by atomic mass is 10.1. The molecule has 1 aliphatic heterocycles. The van der Waals surface area contributed by atoms with Crippen LogP contribution >= 0.6 is 0 Å². The first kappa shape index (κ1) is 13.1. The maximum Gasteiger partial charge on any atom is 0.257 e. The van der Waals surface area contributed by atoms with Gasteiger partial charge in [0.25, 0.3) is 5.91 Å². The number of amides is 1. The van der Waals surface area contributed by atoms with Gasteiger partial charge in [-0.2, -0.15) is 5.10 Å². The summed E-state index contributed by atoms with van der Waals surface area (Å²) in [5.41, 5.74) is 1.67. The highest BCUT2D eigenvalue weighted by Crippen LogP contribution is 2.19. The van der Waals surface area contributed by atoms with Crippen LogP contribution in [0.1, 0.15) is 29.4 Å². The molecule has 0 aliphatic carbocycles. The van der Waals surface area contributed by atoms with Crippen LogP contribution in [0.5, 0.6) is 0 Å². The van der Waals surface area contributed by atoms with Gasteiger partial charge in [-0.25, -0.2) is 0 Å². The van der Waals surface area contributed by atoms with E-state index in [1.165, 1.54) is 0 Å². The number of likely N-dealkylation sites (tertiary alicyclic amines) is 1. The Hall–Kier alpha value is -1.36. The second-order valence-electron chi connectivity index (χ2n) is 4.98. The van der Waals surface area contributed by atoms with Crippen LogP contribution in [0.25, 0.3) is 0 Å². The number of carbonyl (C=O) groups is 1. The third kappa shape index (κ3) is 2.56. The van der Waals surface area contributed by atoms with Gasteiger partial charge in [0, 0.05) is 26.3 Å². The lowest BCUT2D eigenvalue weighted by molar-refractivity contribution is 0.0786. The van der Waals surface area contributed by atoms with Crippen LogP contribution in [0, 0.1) is 5.92 Å². The van der Waals surface area contributed by atoms with E-state index in [0.29, 0.717) is 5.92 Å². The predicted octanol–water partition coefficient (Wildman–Crippen LogP) is 0.664. The minimum absolute atomic E-state index is 0.138. The molecule has 1 aromatic heterocycles. The summed E-state index contributed by atoms with van der Waals surface area (Å²) in [5, 5.41) is 7.51. The highest BCUT2D eigenvalue weighted by Gasteiger charge is 2.28. The first-order chi connectivity index (χ1) is 8.65. The molecule has 2 heterocycles. The molecule has 1 aromatic rings. The Bertz CT molecular complexity index is 427. The fraction of sp³-hybridized carbons (Fsp3) is 0.692. The van der Waals surface area contributed by atoms with Crippen LogP contribution in [0.4, 0.5) is 0 Å². The molecule has 1 unspecified atom stereocenters. The maximum atomic E-state index is 12.4. The Morgan fingerprint density at radius 1 is 1.61 bits per heavy atom. The minimum Gasteiger partial charge on any atom is -0.338 e. The van der Waals surface area contributed by atoms with Crippen molar-refractivity contribution < 1.29 is 4.79 Å². The van der Waals surface area contributed by atoms with Crippen molar-refractivity contribution in [2.75, 3.05) is 26.7 Å². The highest BCUT2D eigenvalue weighted by atomic mass is 16.2. The number of aromatic nitrogens is 2. The van der Waals surface area contributed by atoms with Gasteiger partial charge in [-0.3, -0.25) is 9.48 Å². The topological polar surface area (TPSA) is 50.2 Å². The number of nitrogens with one attached hydrogen (secondary N) is 1. The van der Waals surface area contributed by atoms with Gasteiger partial charge in [0.2, 0.25) is 0 Å². The quantitative estimate of drug-likeness (QED) is 0.854. The summed E-state index contributed by atoms with van der Waals surface area (Å²) in [5.74, 6) is 0.722. The molecule has 1 atom stereocenters. The number of hydrogen-bond donors (Lipinski definition) is 1. The Kier molecular flexibility index (Phi) is 4.01. The van der Waals surface area contributed by atoms with Gasteiger partial charge >= 0.3 is 0 Å². The van der Waals surface area contributed by atoms with Crippen molar-refractivity contribution in [3.63, 3.8) is 0 Å². The second-order valence-corrected chi connectivity index (χ2v) is 4.98. The second kappa shape index (κ2) is 5.52. The maximum absolute atomic E-state index is 12.4. The number of rotatable bonds is 4. The average molecular weight is 250 g/mol. The van der Waals surface area contributed by atoms with E-state index in [4.69, 9.17) is 0 Å². The van der Waals surface area contributed by atoms with Crippen molar-refractivity contribution in [1.82, 2.24) is 20.0 Å². The Morgan fingerprint density at radius 3 is 3.06 bits per heavy atom. The normalized spacial score (nSPS) is 19.5. The van der Waals surface area contributed by atoms with Gasteiger partial charge < -0.3 is 10.2 Å². The SMILES string of the molecule is CCc1nn(C)cc1C(=O)N1CCC(CNC)C1. The fourth-order valence-corrected chi connectivity index (χ4v) is 2.62. The van der Waals surface area contributed by atoms with Crippen molar-refractivity contribution in [2.45, 2.75) is 19.8 Å². The van der Waals surface area contributed by atoms with E-state index in [9.17, 15) is 4.79 Å². The van der Waals surface area contributed by atoms with E-state index < -0.39 is 0 Å². The van der Waals surface area contributed by atoms with Gasteiger partial charge in [0.05, 0.1) is 11.3 Å². The number of hydrogen-bond acceptors (Lipinski definition) is 3. The fourth-order valence-electron chi connectivity index (χ4n) is 2.62. The molecule has 0 bridgehead atoms. The van der Waals surface area contributed by atoms with Crippen LogP contribution in [-0.2, 0) is 13.5 Å². The van der Waals surface area contributed by atoms with Crippen molar-refractivity contribution in [1.29, 1.82) is 0 Å². The van der Waals surface area contributed by atoms with Crippen molar-refractivity contribution >= 4 is 5.91 Å². The van der Waals surface area contributed by atoms with Crippen LogP contribution in [0.2, 0.25) is 0 Å². The Labute approximate surface area is 108 Å². The van der Waals surface area contributed by atoms with Crippen LogP contribution in [0.15, 0.2) is 6.20 Å². The molecule has 18 heavy (non-hydrogen) atoms. The lowest BCUT2D eigenvalue weighted by Gasteiger charge is -2.16. The van der Waals surface area contributed by atoms with Crippen LogP contribution in [-0.4, -0.2) is 47.3 Å². The van der Waals surface area contributed by atoms with E-state index in [0.717, 1.165) is 43.7 Å². The summed E-state index contributed by atoms with van der Waals surface area (Å²) in [6.07, 6.45) is 3.73. The average Bonchev–Trinajstić information content (AvgIpc) is 2.95. The molecule has 1 aliphatic rings. The summed E-state index contributed by atoms with van der Waals surface area (Å²) in [4.78, 5) is 14.4. The van der Waals surface area contributed by atoms with Gasteiger partial charge in [0.15, 0.2) is 0 Å². The van der Waals surface area contributed by atoms with E-state index in [-0.39, 0.29) is 5.91 Å². The molecule has 5 heteroatoms. The molecule has 2 rings (SSSR count). The largest absolute Gasteiger partial charge is 0.338 e.